The average Bonchev–Trinajstić information content (AvgIpc) is 2.75. The van der Waals surface area contributed by atoms with Gasteiger partial charge in [0.25, 0.3) is 10.0 Å². The molecule has 0 aliphatic carbocycles. The van der Waals surface area contributed by atoms with Crippen LogP contribution in [0.4, 0.5) is 11.4 Å². The number of sulfonamides is 1. The van der Waals surface area contributed by atoms with Gasteiger partial charge < -0.3 is 10.1 Å². The van der Waals surface area contributed by atoms with E-state index in [1.165, 1.54) is 25.4 Å². The van der Waals surface area contributed by atoms with Gasteiger partial charge in [-0.25, -0.2) is 13.4 Å². The van der Waals surface area contributed by atoms with Gasteiger partial charge in [0.05, 0.1) is 23.4 Å². The van der Waals surface area contributed by atoms with Gasteiger partial charge in [-0.1, -0.05) is 35.9 Å². The zero-order valence-electron chi connectivity index (χ0n) is 16.4. The minimum atomic E-state index is -4.03. The molecule has 1 aromatic heterocycles. The van der Waals surface area contributed by atoms with Crippen molar-refractivity contribution < 1.29 is 17.9 Å². The second kappa shape index (κ2) is 9.15. The highest BCUT2D eigenvalue weighted by molar-refractivity contribution is 7.92. The molecule has 0 bridgehead atoms. The molecule has 1 heterocycles. The maximum Gasteiger partial charge on any atom is 0.264 e. The minimum absolute atomic E-state index is 0.0689. The number of aromatic nitrogens is 1. The highest BCUT2D eigenvalue weighted by Gasteiger charge is 2.28. The van der Waals surface area contributed by atoms with Crippen LogP contribution in [0.5, 0.6) is 5.75 Å². The standard InChI is InChI=1S/C21H20ClN3O4S/c1-15-10-11-16(29-2)13-19(15)25(30(27,28)17-7-4-3-5-8-17)14-20(26)24-18-9-6-12-23-21(18)22/h3-13H,14H2,1-2H3,(H,24,26). The molecule has 0 aliphatic heterocycles. The van der Waals surface area contributed by atoms with Gasteiger partial charge >= 0.3 is 0 Å². The van der Waals surface area contributed by atoms with Crippen molar-refractivity contribution in [1.82, 2.24) is 4.98 Å². The van der Waals surface area contributed by atoms with E-state index in [1.54, 1.807) is 55.5 Å². The number of anilines is 2. The summed E-state index contributed by atoms with van der Waals surface area (Å²) in [4.78, 5) is 16.7. The largest absolute Gasteiger partial charge is 0.497 e. The van der Waals surface area contributed by atoms with E-state index in [0.717, 1.165) is 4.31 Å². The number of amides is 1. The number of ether oxygens (including phenoxy) is 1. The first-order valence-electron chi connectivity index (χ1n) is 8.95. The van der Waals surface area contributed by atoms with E-state index in [2.05, 4.69) is 10.3 Å². The highest BCUT2D eigenvalue weighted by atomic mass is 35.5. The lowest BCUT2D eigenvalue weighted by Gasteiger charge is -2.26. The highest BCUT2D eigenvalue weighted by Crippen LogP contribution is 2.30. The zero-order chi connectivity index (χ0) is 21.7. The zero-order valence-corrected chi connectivity index (χ0v) is 17.9. The van der Waals surface area contributed by atoms with Crippen LogP contribution in [0.1, 0.15) is 5.56 Å². The maximum absolute atomic E-state index is 13.4. The van der Waals surface area contributed by atoms with Crippen LogP contribution in [0.2, 0.25) is 5.15 Å². The van der Waals surface area contributed by atoms with Crippen LogP contribution in [-0.2, 0) is 14.8 Å². The number of methoxy groups -OCH3 is 1. The Labute approximate surface area is 180 Å². The fourth-order valence-corrected chi connectivity index (χ4v) is 4.47. The minimum Gasteiger partial charge on any atom is -0.497 e. The van der Waals surface area contributed by atoms with Crippen molar-refractivity contribution in [2.75, 3.05) is 23.3 Å². The molecule has 1 amide bonds. The van der Waals surface area contributed by atoms with Crippen molar-refractivity contribution in [3.8, 4) is 5.75 Å². The van der Waals surface area contributed by atoms with E-state index in [1.807, 2.05) is 0 Å². The van der Waals surface area contributed by atoms with Crippen molar-refractivity contribution in [2.45, 2.75) is 11.8 Å². The van der Waals surface area contributed by atoms with Gasteiger partial charge in [0.15, 0.2) is 5.15 Å². The summed E-state index contributed by atoms with van der Waals surface area (Å²) in [6, 6.07) is 16.2. The van der Waals surface area contributed by atoms with E-state index in [-0.39, 0.29) is 10.0 Å². The normalized spacial score (nSPS) is 11.0. The number of rotatable bonds is 7. The van der Waals surface area contributed by atoms with Gasteiger partial charge in [0.2, 0.25) is 5.91 Å². The molecule has 0 aliphatic rings. The molecule has 1 N–H and O–H groups in total. The van der Waals surface area contributed by atoms with Gasteiger partial charge in [-0.3, -0.25) is 9.10 Å². The number of nitrogens with zero attached hydrogens (tertiary/aromatic N) is 2. The number of carbonyl (C=O) groups is 1. The monoisotopic (exact) mass is 445 g/mol. The summed E-state index contributed by atoms with van der Waals surface area (Å²) in [5.74, 6) is -0.0915. The number of aryl methyl sites for hydroxylation is 1. The number of carbonyl (C=O) groups excluding carboxylic acids is 1. The average molecular weight is 446 g/mol. The first-order valence-corrected chi connectivity index (χ1v) is 10.8. The molecule has 7 nitrogen and oxygen atoms in total. The van der Waals surface area contributed by atoms with Gasteiger partial charge in [0, 0.05) is 12.3 Å². The lowest BCUT2D eigenvalue weighted by atomic mass is 10.2. The Morgan fingerprint density at radius 1 is 1.13 bits per heavy atom. The molecule has 156 valence electrons. The molecule has 0 spiro atoms. The second-order valence-corrected chi connectivity index (χ2v) is 8.59. The van der Waals surface area contributed by atoms with Crippen molar-refractivity contribution in [3.63, 3.8) is 0 Å². The summed E-state index contributed by atoms with van der Waals surface area (Å²) in [5, 5.41) is 2.72. The van der Waals surface area contributed by atoms with Crippen molar-refractivity contribution in [2.24, 2.45) is 0 Å². The number of hydrogen-bond donors (Lipinski definition) is 1. The van der Waals surface area contributed by atoms with E-state index < -0.39 is 22.5 Å². The molecule has 0 radical (unpaired) electrons. The predicted molar refractivity (Wildman–Crippen MR) is 117 cm³/mol. The van der Waals surface area contributed by atoms with Crippen LogP contribution in [0.3, 0.4) is 0 Å². The van der Waals surface area contributed by atoms with Crippen LogP contribution in [0.25, 0.3) is 0 Å². The quantitative estimate of drug-likeness (QED) is 0.557. The van der Waals surface area contributed by atoms with Crippen molar-refractivity contribution in [1.29, 1.82) is 0 Å². The van der Waals surface area contributed by atoms with E-state index >= 15 is 0 Å². The van der Waals surface area contributed by atoms with Crippen molar-refractivity contribution >= 4 is 38.9 Å². The van der Waals surface area contributed by atoms with Gasteiger partial charge in [-0.15, -0.1) is 0 Å². The second-order valence-electron chi connectivity index (χ2n) is 6.37. The predicted octanol–water partition coefficient (Wildman–Crippen LogP) is 3.89. The Morgan fingerprint density at radius 2 is 1.87 bits per heavy atom. The van der Waals surface area contributed by atoms with Gasteiger partial charge in [0.1, 0.15) is 12.3 Å². The Kier molecular flexibility index (Phi) is 6.59. The number of halogens is 1. The van der Waals surface area contributed by atoms with E-state index in [4.69, 9.17) is 16.3 Å². The Balaban J connectivity index is 2.02. The summed E-state index contributed by atoms with van der Waals surface area (Å²) in [7, 11) is -2.54. The summed E-state index contributed by atoms with van der Waals surface area (Å²) in [6.07, 6.45) is 1.49. The molecule has 2 aromatic carbocycles. The van der Waals surface area contributed by atoms with Crippen LogP contribution < -0.4 is 14.4 Å². The van der Waals surface area contributed by atoms with Gasteiger partial charge in [-0.2, -0.15) is 0 Å². The third-order valence-electron chi connectivity index (χ3n) is 4.34. The first kappa shape index (κ1) is 21.6. The summed E-state index contributed by atoms with van der Waals surface area (Å²) in [5.41, 5.74) is 1.30. The molecule has 0 fully saturated rings. The fourth-order valence-electron chi connectivity index (χ4n) is 2.80. The van der Waals surface area contributed by atoms with Crippen molar-refractivity contribution in [3.05, 3.63) is 77.6 Å². The van der Waals surface area contributed by atoms with E-state index in [9.17, 15) is 13.2 Å². The lowest BCUT2D eigenvalue weighted by Crippen LogP contribution is -2.38. The summed E-state index contributed by atoms with van der Waals surface area (Å²) >= 11 is 6.00. The fraction of sp³-hybridized carbons (Fsp3) is 0.143. The molecule has 30 heavy (non-hydrogen) atoms. The molecule has 0 unspecified atom stereocenters. The first-order chi connectivity index (χ1) is 14.3. The summed E-state index contributed by atoms with van der Waals surface area (Å²) < 4.78 is 33.1. The number of benzene rings is 2. The third kappa shape index (κ3) is 4.72. The topological polar surface area (TPSA) is 88.6 Å². The van der Waals surface area contributed by atoms with Crippen LogP contribution >= 0.6 is 11.6 Å². The van der Waals surface area contributed by atoms with Crippen LogP contribution in [0, 0.1) is 6.92 Å². The SMILES string of the molecule is COc1ccc(C)c(N(CC(=O)Nc2cccnc2Cl)S(=O)(=O)c2ccccc2)c1. The smallest absolute Gasteiger partial charge is 0.264 e. The summed E-state index contributed by atoms with van der Waals surface area (Å²) in [6.45, 7) is 1.30. The molecular formula is C21H20ClN3O4S. The van der Waals surface area contributed by atoms with Gasteiger partial charge in [-0.05, 0) is 42.8 Å². The van der Waals surface area contributed by atoms with Crippen LogP contribution in [0.15, 0.2) is 71.8 Å². The molecule has 0 saturated heterocycles. The lowest BCUT2D eigenvalue weighted by molar-refractivity contribution is -0.114. The maximum atomic E-state index is 13.4. The molecule has 3 aromatic rings. The molecule has 0 atom stereocenters. The third-order valence-corrected chi connectivity index (χ3v) is 6.41. The Bertz CT molecular complexity index is 1150. The van der Waals surface area contributed by atoms with E-state index in [0.29, 0.717) is 22.7 Å². The number of nitrogens with one attached hydrogen (secondary N) is 1. The Morgan fingerprint density at radius 3 is 2.53 bits per heavy atom. The molecule has 9 heteroatoms. The molecule has 3 rings (SSSR count). The molecule has 0 saturated carbocycles. The number of hydrogen-bond acceptors (Lipinski definition) is 5. The number of pyridine rings is 1. The van der Waals surface area contributed by atoms with Crippen LogP contribution in [-0.4, -0.2) is 33.0 Å². The molecular weight excluding hydrogens is 426 g/mol. The Hall–Kier alpha value is -3.10.